The molecule has 0 aromatic rings. The summed E-state index contributed by atoms with van der Waals surface area (Å²) in [5.41, 5.74) is 0. The predicted molar refractivity (Wildman–Crippen MR) is 245 cm³/mol. The molecule has 0 aliphatic heterocycles. The molecule has 0 aromatic carbocycles. The van der Waals surface area contributed by atoms with E-state index in [9.17, 15) is 19.8 Å². The normalized spacial score (nSPS) is 13.8. The second kappa shape index (κ2) is 44.7. The molecule has 1 amide bonds. The molecule has 0 heterocycles. The smallest absolute Gasteiger partial charge is 0.306 e. The van der Waals surface area contributed by atoms with Crippen molar-refractivity contribution in [3.63, 3.8) is 0 Å². The lowest BCUT2D eigenvalue weighted by molar-refractivity contribution is -0.151. The summed E-state index contributed by atoms with van der Waals surface area (Å²) in [6.45, 7) is 6.36. The first-order valence-corrected chi connectivity index (χ1v) is 24.1. The molecule has 0 spiro atoms. The summed E-state index contributed by atoms with van der Waals surface area (Å²) in [6.07, 6.45) is 54.1. The molecule has 0 saturated carbocycles. The Hall–Kier alpha value is -2.44. The van der Waals surface area contributed by atoms with Gasteiger partial charge >= 0.3 is 5.97 Å². The molecule has 0 bridgehead atoms. The van der Waals surface area contributed by atoms with Gasteiger partial charge in [-0.05, 0) is 44.9 Å². The number of ether oxygens (including phenoxy) is 1. The van der Waals surface area contributed by atoms with Crippen molar-refractivity contribution in [1.29, 1.82) is 0 Å². The molecule has 3 unspecified atom stereocenters. The van der Waals surface area contributed by atoms with Crippen LogP contribution in [0.1, 0.15) is 226 Å². The summed E-state index contributed by atoms with van der Waals surface area (Å²) >= 11 is 0. The van der Waals surface area contributed by atoms with Gasteiger partial charge in [0.1, 0.15) is 6.10 Å². The van der Waals surface area contributed by atoms with Crippen molar-refractivity contribution in [2.45, 2.75) is 244 Å². The predicted octanol–water partition coefficient (Wildman–Crippen LogP) is 14.1. The van der Waals surface area contributed by atoms with Gasteiger partial charge in [0.05, 0.1) is 25.2 Å². The number of aliphatic hydroxyl groups is 2. The molecule has 6 nitrogen and oxygen atoms in total. The van der Waals surface area contributed by atoms with Crippen molar-refractivity contribution in [3.8, 4) is 0 Å². The van der Waals surface area contributed by atoms with Gasteiger partial charge in [0.2, 0.25) is 5.91 Å². The van der Waals surface area contributed by atoms with E-state index in [0.29, 0.717) is 19.3 Å². The number of carbonyl (C=O) groups is 2. The van der Waals surface area contributed by atoms with Crippen molar-refractivity contribution in [2.24, 2.45) is 0 Å². The Morgan fingerprint density at radius 3 is 1.42 bits per heavy atom. The largest absolute Gasteiger partial charge is 0.462 e. The molecular weight excluding hydrogens is 707 g/mol. The second-order valence-electron chi connectivity index (χ2n) is 16.3. The topological polar surface area (TPSA) is 95.9 Å². The lowest BCUT2D eigenvalue weighted by Crippen LogP contribution is -2.46. The van der Waals surface area contributed by atoms with E-state index >= 15 is 0 Å². The maximum Gasteiger partial charge on any atom is 0.306 e. The number of amides is 1. The molecule has 0 fully saturated rings. The van der Waals surface area contributed by atoms with Crippen LogP contribution in [0.15, 0.2) is 60.8 Å². The minimum Gasteiger partial charge on any atom is -0.462 e. The number of allylic oxidation sites excluding steroid dienone is 10. The minimum atomic E-state index is -0.790. The van der Waals surface area contributed by atoms with E-state index in [2.05, 4.69) is 62.5 Å². The number of hydrogen-bond donors (Lipinski definition) is 3. The van der Waals surface area contributed by atoms with Gasteiger partial charge in [-0.15, -0.1) is 0 Å². The Morgan fingerprint density at radius 1 is 0.509 bits per heavy atom. The quantitative estimate of drug-likeness (QED) is 0.0325. The molecule has 0 rings (SSSR count). The second-order valence-corrected chi connectivity index (χ2v) is 16.3. The highest BCUT2D eigenvalue weighted by Gasteiger charge is 2.24. The fourth-order valence-corrected chi connectivity index (χ4v) is 7.05. The highest BCUT2D eigenvalue weighted by atomic mass is 16.5. The third-order valence-electron chi connectivity index (χ3n) is 10.7. The van der Waals surface area contributed by atoms with E-state index in [4.69, 9.17) is 4.74 Å². The van der Waals surface area contributed by atoms with Gasteiger partial charge in [-0.3, -0.25) is 9.59 Å². The molecule has 57 heavy (non-hydrogen) atoms. The van der Waals surface area contributed by atoms with Crippen LogP contribution in [0.4, 0.5) is 0 Å². The number of esters is 1. The van der Waals surface area contributed by atoms with Crippen LogP contribution >= 0.6 is 0 Å². The van der Waals surface area contributed by atoms with Gasteiger partial charge in [0.25, 0.3) is 0 Å². The number of rotatable bonds is 42. The molecule has 3 atom stereocenters. The van der Waals surface area contributed by atoms with Crippen LogP contribution < -0.4 is 5.32 Å². The zero-order valence-electron chi connectivity index (χ0n) is 37.5. The van der Waals surface area contributed by atoms with Crippen molar-refractivity contribution >= 4 is 11.9 Å². The minimum absolute atomic E-state index is 0.0669. The average molecular weight is 798 g/mol. The van der Waals surface area contributed by atoms with E-state index in [-0.39, 0.29) is 24.9 Å². The molecule has 0 aliphatic carbocycles. The molecule has 0 aliphatic rings. The fourth-order valence-electron chi connectivity index (χ4n) is 7.05. The zero-order chi connectivity index (χ0) is 41.7. The highest BCUT2D eigenvalue weighted by Crippen LogP contribution is 2.18. The van der Waals surface area contributed by atoms with Crippen LogP contribution in [0, 0.1) is 0 Å². The third-order valence-corrected chi connectivity index (χ3v) is 10.7. The Bertz CT molecular complexity index is 1030. The SMILES string of the molecule is CCC/C=C/C=C/C=C/C=C/C=C/CCCCCCCC(=O)OC(CCCCCCCCCCCC)CC(=O)NC(CO)C(O)CCCCCCCCCCCC. The first-order chi connectivity index (χ1) is 28.0. The summed E-state index contributed by atoms with van der Waals surface area (Å²) in [7, 11) is 0. The molecule has 6 heteroatoms. The molecular formula is C51H91NO5. The lowest BCUT2D eigenvalue weighted by atomic mass is 10.0. The van der Waals surface area contributed by atoms with Crippen molar-refractivity contribution < 1.29 is 24.5 Å². The Morgan fingerprint density at radius 2 is 0.930 bits per heavy atom. The van der Waals surface area contributed by atoms with Gasteiger partial charge in [-0.25, -0.2) is 0 Å². The van der Waals surface area contributed by atoms with Gasteiger partial charge in [-0.1, -0.05) is 229 Å². The molecule has 330 valence electrons. The summed E-state index contributed by atoms with van der Waals surface area (Å²) in [4.78, 5) is 26.0. The fraction of sp³-hybridized carbons (Fsp3) is 0.765. The Balaban J connectivity index is 4.58. The molecule has 0 radical (unpaired) electrons. The van der Waals surface area contributed by atoms with Crippen molar-refractivity contribution in [2.75, 3.05) is 6.61 Å². The summed E-state index contributed by atoms with van der Waals surface area (Å²) in [5.74, 6) is -0.503. The Kier molecular flexibility index (Phi) is 42.7. The number of unbranched alkanes of at least 4 members (excludes halogenated alkanes) is 24. The maximum absolute atomic E-state index is 13.1. The van der Waals surface area contributed by atoms with Crippen molar-refractivity contribution in [1.82, 2.24) is 5.32 Å². The van der Waals surface area contributed by atoms with Crippen LogP contribution in [-0.2, 0) is 14.3 Å². The van der Waals surface area contributed by atoms with E-state index < -0.39 is 18.2 Å². The van der Waals surface area contributed by atoms with Gasteiger partial charge in [0.15, 0.2) is 0 Å². The highest BCUT2D eigenvalue weighted by molar-refractivity contribution is 5.77. The first-order valence-electron chi connectivity index (χ1n) is 24.1. The number of hydrogen-bond acceptors (Lipinski definition) is 5. The van der Waals surface area contributed by atoms with E-state index in [0.717, 1.165) is 83.5 Å². The van der Waals surface area contributed by atoms with Crippen LogP contribution in [-0.4, -0.2) is 46.9 Å². The third kappa shape index (κ3) is 40.1. The summed E-state index contributed by atoms with van der Waals surface area (Å²) < 4.78 is 5.90. The molecule has 0 saturated heterocycles. The average Bonchev–Trinajstić information content (AvgIpc) is 3.20. The van der Waals surface area contributed by atoms with E-state index in [1.54, 1.807) is 0 Å². The summed E-state index contributed by atoms with van der Waals surface area (Å²) in [5, 5.41) is 23.6. The van der Waals surface area contributed by atoms with Gasteiger partial charge in [0, 0.05) is 6.42 Å². The van der Waals surface area contributed by atoms with Gasteiger partial charge < -0.3 is 20.3 Å². The number of aliphatic hydroxyl groups excluding tert-OH is 2. The summed E-state index contributed by atoms with van der Waals surface area (Å²) in [6, 6.07) is -0.704. The Labute approximate surface area is 352 Å². The van der Waals surface area contributed by atoms with Crippen molar-refractivity contribution in [3.05, 3.63) is 60.8 Å². The molecule has 3 N–H and O–H groups in total. The van der Waals surface area contributed by atoms with Crippen LogP contribution in [0.25, 0.3) is 0 Å². The molecule has 0 aromatic heterocycles. The van der Waals surface area contributed by atoms with E-state index in [1.807, 2.05) is 24.3 Å². The number of nitrogens with one attached hydrogen (secondary N) is 1. The van der Waals surface area contributed by atoms with Crippen LogP contribution in [0.3, 0.4) is 0 Å². The van der Waals surface area contributed by atoms with Gasteiger partial charge in [-0.2, -0.15) is 0 Å². The standard InChI is InChI=1S/C51H91NO5/c1-4-7-10-13-16-19-22-23-24-25-26-27-28-29-32-35-38-41-44-51(56)57-47(42-39-36-33-30-20-17-14-11-8-5-2)45-50(55)52-48(46-53)49(54)43-40-37-34-31-21-18-15-12-9-6-3/h10,13,16,19,22-27,47-49,53-54H,4-9,11-12,14-15,17-18,20-21,28-46H2,1-3H3,(H,52,55)/b13-10+,19-16+,23-22+,25-24+,27-26+. The number of carbonyl (C=O) groups excluding carboxylic acids is 2. The van der Waals surface area contributed by atoms with Crippen LogP contribution in [0.2, 0.25) is 0 Å². The lowest BCUT2D eigenvalue weighted by Gasteiger charge is -2.24. The van der Waals surface area contributed by atoms with E-state index in [1.165, 1.54) is 96.3 Å². The zero-order valence-corrected chi connectivity index (χ0v) is 37.5. The van der Waals surface area contributed by atoms with Crippen LogP contribution in [0.5, 0.6) is 0 Å². The first kappa shape index (κ1) is 54.6. The maximum atomic E-state index is 13.1. The monoisotopic (exact) mass is 798 g/mol.